The van der Waals surface area contributed by atoms with Crippen molar-refractivity contribution < 1.29 is 0 Å². The molecule has 130 valence electrons. The summed E-state index contributed by atoms with van der Waals surface area (Å²) in [6, 6.07) is 3.92. The van der Waals surface area contributed by atoms with E-state index in [9.17, 15) is 0 Å². The van der Waals surface area contributed by atoms with Crippen LogP contribution in [0.5, 0.6) is 0 Å². The summed E-state index contributed by atoms with van der Waals surface area (Å²) in [5.41, 5.74) is 3.50. The highest BCUT2D eigenvalue weighted by Crippen LogP contribution is 2.40. The third kappa shape index (κ3) is 2.64. The zero-order valence-corrected chi connectivity index (χ0v) is 15.3. The molecule has 0 spiro atoms. The van der Waals surface area contributed by atoms with Crippen LogP contribution >= 0.6 is 11.3 Å². The van der Waals surface area contributed by atoms with Gasteiger partial charge in [-0.15, -0.1) is 11.3 Å². The number of hydrogen-bond acceptors (Lipinski definition) is 6. The van der Waals surface area contributed by atoms with Crippen molar-refractivity contribution >= 4 is 27.4 Å². The Morgan fingerprint density at radius 2 is 2.19 bits per heavy atom. The van der Waals surface area contributed by atoms with Crippen LogP contribution < -0.4 is 5.32 Å². The average molecular weight is 362 g/mol. The van der Waals surface area contributed by atoms with Gasteiger partial charge < -0.3 is 5.32 Å². The van der Waals surface area contributed by atoms with Gasteiger partial charge in [-0.25, -0.2) is 9.97 Å². The van der Waals surface area contributed by atoms with Crippen molar-refractivity contribution in [2.45, 2.75) is 25.8 Å². The van der Waals surface area contributed by atoms with Crippen LogP contribution in [0.3, 0.4) is 0 Å². The van der Waals surface area contributed by atoms with Crippen molar-refractivity contribution in [2.75, 3.05) is 5.32 Å². The van der Waals surface area contributed by atoms with Crippen LogP contribution in [0.4, 0.5) is 5.82 Å². The monoisotopic (exact) mass is 362 g/mol. The first kappa shape index (κ1) is 15.5. The van der Waals surface area contributed by atoms with Gasteiger partial charge in [0.15, 0.2) is 5.82 Å². The molecule has 0 aromatic carbocycles. The lowest BCUT2D eigenvalue weighted by molar-refractivity contribution is 0.767. The zero-order chi connectivity index (χ0) is 17.5. The van der Waals surface area contributed by atoms with E-state index in [2.05, 4.69) is 15.4 Å². The molecule has 0 aliphatic heterocycles. The van der Waals surface area contributed by atoms with Gasteiger partial charge in [0.25, 0.3) is 0 Å². The third-order valence-corrected chi connectivity index (χ3v) is 5.89. The number of rotatable bonds is 4. The molecule has 4 heterocycles. The molecule has 0 atom stereocenters. The number of anilines is 1. The van der Waals surface area contributed by atoms with Crippen LogP contribution in [-0.4, -0.2) is 24.7 Å². The zero-order valence-electron chi connectivity index (χ0n) is 14.4. The van der Waals surface area contributed by atoms with Crippen molar-refractivity contribution in [3.8, 4) is 11.4 Å². The maximum Gasteiger partial charge on any atom is 0.164 e. The molecule has 7 heteroatoms. The van der Waals surface area contributed by atoms with E-state index in [1.165, 1.54) is 22.2 Å². The summed E-state index contributed by atoms with van der Waals surface area (Å²) in [4.78, 5) is 16.4. The summed E-state index contributed by atoms with van der Waals surface area (Å²) in [7, 11) is 1.93. The highest BCUT2D eigenvalue weighted by Gasteiger charge is 2.22. The summed E-state index contributed by atoms with van der Waals surface area (Å²) in [5, 5.41) is 8.96. The van der Waals surface area contributed by atoms with Gasteiger partial charge in [-0.05, 0) is 37.0 Å². The molecule has 26 heavy (non-hydrogen) atoms. The van der Waals surface area contributed by atoms with Crippen molar-refractivity contribution in [3.63, 3.8) is 0 Å². The molecule has 0 saturated carbocycles. The largest absolute Gasteiger partial charge is 0.365 e. The minimum absolute atomic E-state index is 0.692. The Morgan fingerprint density at radius 1 is 1.23 bits per heavy atom. The van der Waals surface area contributed by atoms with Crippen LogP contribution in [-0.2, 0) is 26.4 Å². The maximum absolute atomic E-state index is 4.86. The Morgan fingerprint density at radius 3 is 3.00 bits per heavy atom. The van der Waals surface area contributed by atoms with Crippen molar-refractivity contribution in [2.24, 2.45) is 7.05 Å². The highest BCUT2D eigenvalue weighted by molar-refractivity contribution is 7.19. The fourth-order valence-electron chi connectivity index (χ4n) is 3.50. The van der Waals surface area contributed by atoms with E-state index in [0.29, 0.717) is 6.54 Å². The summed E-state index contributed by atoms with van der Waals surface area (Å²) < 4.78 is 1.82. The van der Waals surface area contributed by atoms with Crippen LogP contribution in [0.2, 0.25) is 0 Å². The molecule has 0 amide bonds. The second-order valence-corrected chi connectivity index (χ2v) is 7.63. The van der Waals surface area contributed by atoms with Crippen LogP contribution in [0.15, 0.2) is 36.9 Å². The third-order valence-electron chi connectivity index (χ3n) is 4.70. The second-order valence-electron chi connectivity index (χ2n) is 6.55. The molecular weight excluding hydrogens is 344 g/mol. The number of aromatic nitrogens is 5. The molecule has 4 aromatic heterocycles. The molecule has 0 radical (unpaired) electrons. The molecule has 0 bridgehead atoms. The first-order valence-corrected chi connectivity index (χ1v) is 9.53. The average Bonchev–Trinajstić information content (AvgIpc) is 3.36. The van der Waals surface area contributed by atoms with Gasteiger partial charge in [0, 0.05) is 48.2 Å². The van der Waals surface area contributed by atoms with Gasteiger partial charge >= 0.3 is 0 Å². The molecule has 0 unspecified atom stereocenters. The van der Waals surface area contributed by atoms with Gasteiger partial charge in [-0.1, -0.05) is 0 Å². The van der Waals surface area contributed by atoms with E-state index in [1.54, 1.807) is 6.20 Å². The highest BCUT2D eigenvalue weighted by atomic mass is 32.1. The Kier molecular flexibility index (Phi) is 3.67. The van der Waals surface area contributed by atoms with Crippen LogP contribution in [0, 0.1) is 0 Å². The van der Waals surface area contributed by atoms with Gasteiger partial charge in [-0.2, -0.15) is 5.10 Å². The minimum Gasteiger partial charge on any atom is -0.365 e. The lowest BCUT2D eigenvalue weighted by Gasteiger charge is -2.09. The number of hydrogen-bond donors (Lipinski definition) is 1. The predicted molar refractivity (Wildman–Crippen MR) is 103 cm³/mol. The van der Waals surface area contributed by atoms with Gasteiger partial charge in [-0.3, -0.25) is 9.67 Å². The van der Waals surface area contributed by atoms with Crippen molar-refractivity contribution in [1.29, 1.82) is 0 Å². The van der Waals surface area contributed by atoms with E-state index in [0.717, 1.165) is 40.4 Å². The molecule has 6 nitrogen and oxygen atoms in total. The first-order valence-electron chi connectivity index (χ1n) is 8.72. The Hall–Kier alpha value is -2.80. The number of pyridine rings is 1. The number of thiophene rings is 1. The van der Waals surface area contributed by atoms with E-state index in [1.807, 2.05) is 53.8 Å². The standard InChI is InChI=1S/C19H18N6S/c1-25-11-12(9-22-25)8-21-18-16-14-5-2-6-15(14)26-19(16)24-17(23-18)13-4-3-7-20-10-13/h3-4,7,9-11H,2,5-6,8H2,1H3,(H,21,23,24). The fraction of sp³-hybridized carbons (Fsp3) is 0.263. The topological polar surface area (TPSA) is 68.5 Å². The number of aryl methyl sites for hydroxylation is 3. The molecule has 1 N–H and O–H groups in total. The molecule has 1 aliphatic rings. The van der Waals surface area contributed by atoms with Gasteiger partial charge in [0.1, 0.15) is 10.6 Å². The number of nitrogens with one attached hydrogen (secondary N) is 1. The molecular formula is C19H18N6S. The minimum atomic E-state index is 0.692. The molecule has 0 fully saturated rings. The molecule has 4 aromatic rings. The number of fused-ring (bicyclic) bond motifs is 3. The lowest BCUT2D eigenvalue weighted by atomic mass is 10.1. The van der Waals surface area contributed by atoms with E-state index in [4.69, 9.17) is 9.97 Å². The van der Waals surface area contributed by atoms with Crippen LogP contribution in [0.1, 0.15) is 22.4 Å². The summed E-state index contributed by atoms with van der Waals surface area (Å²) >= 11 is 1.81. The second kappa shape index (κ2) is 6.17. The smallest absolute Gasteiger partial charge is 0.164 e. The van der Waals surface area contributed by atoms with Gasteiger partial charge in [0.2, 0.25) is 0 Å². The van der Waals surface area contributed by atoms with E-state index in [-0.39, 0.29) is 0 Å². The van der Waals surface area contributed by atoms with Crippen LogP contribution in [0.25, 0.3) is 21.6 Å². The number of nitrogens with zero attached hydrogens (tertiary/aromatic N) is 5. The molecule has 1 aliphatic carbocycles. The van der Waals surface area contributed by atoms with Crippen molar-refractivity contribution in [1.82, 2.24) is 24.7 Å². The summed E-state index contributed by atoms with van der Waals surface area (Å²) in [5.74, 6) is 1.64. The molecule has 0 saturated heterocycles. The quantitative estimate of drug-likeness (QED) is 0.601. The SMILES string of the molecule is Cn1cc(CNc2nc(-c3cccnc3)nc3sc4c(c23)CCC4)cn1. The molecule has 5 rings (SSSR count). The van der Waals surface area contributed by atoms with E-state index >= 15 is 0 Å². The summed E-state index contributed by atoms with van der Waals surface area (Å²) in [6.45, 7) is 0.692. The lowest BCUT2D eigenvalue weighted by Crippen LogP contribution is -2.04. The van der Waals surface area contributed by atoms with Crippen molar-refractivity contribution in [3.05, 3.63) is 52.9 Å². The maximum atomic E-state index is 4.86. The fourth-order valence-corrected chi connectivity index (χ4v) is 4.76. The predicted octanol–water partition coefficient (Wildman–Crippen LogP) is 3.59. The Labute approximate surface area is 155 Å². The Bertz CT molecular complexity index is 1080. The van der Waals surface area contributed by atoms with E-state index < -0.39 is 0 Å². The normalized spacial score (nSPS) is 13.3. The first-order chi connectivity index (χ1) is 12.8. The summed E-state index contributed by atoms with van der Waals surface area (Å²) in [6.07, 6.45) is 11.0. The Balaban J connectivity index is 1.61. The van der Waals surface area contributed by atoms with Gasteiger partial charge in [0.05, 0.1) is 11.6 Å².